The van der Waals surface area contributed by atoms with Gasteiger partial charge in [-0.25, -0.2) is 4.79 Å². The minimum absolute atomic E-state index is 0.313. The van der Waals surface area contributed by atoms with E-state index in [2.05, 4.69) is 23.5 Å². The molecule has 0 saturated heterocycles. The maximum Gasteiger partial charge on any atom is 0.404 e. The molecule has 0 spiro atoms. The van der Waals surface area contributed by atoms with Gasteiger partial charge < -0.3 is 15.2 Å². The molecule has 4 nitrogen and oxygen atoms in total. The molecule has 1 aliphatic carbocycles. The summed E-state index contributed by atoms with van der Waals surface area (Å²) in [6, 6.07) is 6.23. The van der Waals surface area contributed by atoms with Gasteiger partial charge in [0.25, 0.3) is 0 Å². The van der Waals surface area contributed by atoms with Crippen LogP contribution in [-0.4, -0.2) is 24.4 Å². The number of carbonyl (C=O) groups is 1. The van der Waals surface area contributed by atoms with Crippen LogP contribution in [-0.2, 0) is 0 Å². The van der Waals surface area contributed by atoms with E-state index in [4.69, 9.17) is 9.84 Å². The summed E-state index contributed by atoms with van der Waals surface area (Å²) in [4.78, 5) is 10.6. The van der Waals surface area contributed by atoms with Gasteiger partial charge in [-0.3, -0.25) is 0 Å². The van der Waals surface area contributed by atoms with E-state index in [-0.39, 0.29) is 0 Å². The van der Waals surface area contributed by atoms with Crippen molar-refractivity contribution in [3.05, 3.63) is 41.5 Å². The fourth-order valence-corrected chi connectivity index (χ4v) is 2.89. The summed E-state index contributed by atoms with van der Waals surface area (Å²) in [5.41, 5.74) is 4.58. The van der Waals surface area contributed by atoms with Crippen molar-refractivity contribution in [3.63, 3.8) is 0 Å². The Balaban J connectivity index is 1.84. The minimum atomic E-state index is -1.01. The molecule has 1 amide bonds. The van der Waals surface area contributed by atoms with Crippen molar-refractivity contribution in [1.82, 2.24) is 5.32 Å². The summed E-state index contributed by atoms with van der Waals surface area (Å²) in [5.74, 6) is 0.851. The van der Waals surface area contributed by atoms with Crippen LogP contribution in [0.25, 0.3) is 11.1 Å². The van der Waals surface area contributed by atoms with Crippen LogP contribution in [0.4, 0.5) is 4.79 Å². The molecule has 1 aromatic rings. The zero-order valence-electron chi connectivity index (χ0n) is 11.9. The van der Waals surface area contributed by atoms with E-state index in [0.29, 0.717) is 13.2 Å². The van der Waals surface area contributed by atoms with E-state index < -0.39 is 6.09 Å². The van der Waals surface area contributed by atoms with Gasteiger partial charge in [0.05, 0.1) is 0 Å². The molecule has 0 saturated carbocycles. The molecule has 110 valence electrons. The molecule has 1 aromatic carbocycles. The van der Waals surface area contributed by atoms with Crippen LogP contribution in [0, 0.1) is 0 Å². The van der Waals surface area contributed by atoms with Gasteiger partial charge in [-0.2, -0.15) is 0 Å². The van der Waals surface area contributed by atoms with Crippen LogP contribution < -0.4 is 10.1 Å². The first-order valence-electron chi connectivity index (χ1n) is 7.36. The van der Waals surface area contributed by atoms with E-state index in [0.717, 1.165) is 29.7 Å². The smallest absolute Gasteiger partial charge is 0.404 e. The Morgan fingerprint density at radius 1 is 1.29 bits per heavy atom. The average Bonchev–Trinajstić information content (AvgIpc) is 2.53. The molecule has 21 heavy (non-hydrogen) atoms. The molecule has 2 aliphatic rings. The number of nitrogens with one attached hydrogen (secondary N) is 1. The number of ether oxygens (including phenoxy) is 1. The molecule has 0 fully saturated rings. The number of benzene rings is 1. The first kappa shape index (κ1) is 13.7. The Morgan fingerprint density at radius 2 is 2.19 bits per heavy atom. The molecule has 0 aromatic heterocycles. The topological polar surface area (TPSA) is 58.6 Å². The van der Waals surface area contributed by atoms with Gasteiger partial charge in [0, 0.05) is 12.1 Å². The number of allylic oxidation sites excluding steroid dienone is 2. The molecular formula is C17H19NO3. The number of carboxylic acid groups (broad SMARTS) is 1. The second-order valence-electron chi connectivity index (χ2n) is 5.39. The van der Waals surface area contributed by atoms with Crippen LogP contribution in [0.2, 0.25) is 0 Å². The molecule has 0 bridgehead atoms. The Morgan fingerprint density at radius 3 is 2.95 bits per heavy atom. The number of hydrogen-bond acceptors (Lipinski definition) is 2. The van der Waals surface area contributed by atoms with Gasteiger partial charge in [-0.15, -0.1) is 0 Å². The molecule has 1 aliphatic heterocycles. The predicted molar refractivity (Wildman–Crippen MR) is 82.4 cm³/mol. The number of hydrogen-bond donors (Lipinski definition) is 2. The van der Waals surface area contributed by atoms with Crippen molar-refractivity contribution in [1.29, 1.82) is 0 Å². The van der Waals surface area contributed by atoms with Gasteiger partial charge in [-0.1, -0.05) is 18.2 Å². The lowest BCUT2D eigenvalue weighted by Crippen LogP contribution is -2.24. The number of rotatable bonds is 3. The van der Waals surface area contributed by atoms with E-state index in [9.17, 15) is 4.79 Å². The fraction of sp³-hybridized carbons (Fsp3) is 0.353. The molecule has 0 unspecified atom stereocenters. The highest BCUT2D eigenvalue weighted by Crippen LogP contribution is 2.34. The van der Waals surface area contributed by atoms with Crippen molar-refractivity contribution in [2.45, 2.75) is 25.7 Å². The monoisotopic (exact) mass is 285 g/mol. The van der Waals surface area contributed by atoms with Crippen molar-refractivity contribution >= 4 is 17.2 Å². The van der Waals surface area contributed by atoms with Gasteiger partial charge in [0.2, 0.25) is 0 Å². The first-order valence-corrected chi connectivity index (χ1v) is 7.36. The average molecular weight is 285 g/mol. The summed E-state index contributed by atoms with van der Waals surface area (Å²) in [6.45, 7) is 0.805. The number of fused-ring (bicyclic) bond motifs is 1. The van der Waals surface area contributed by atoms with E-state index >= 15 is 0 Å². The zero-order chi connectivity index (χ0) is 14.7. The zero-order valence-corrected chi connectivity index (χ0v) is 11.9. The van der Waals surface area contributed by atoms with E-state index in [1.807, 2.05) is 12.1 Å². The van der Waals surface area contributed by atoms with Gasteiger partial charge in [-0.05, 0) is 54.5 Å². The Labute approximate surface area is 124 Å². The van der Waals surface area contributed by atoms with Crippen LogP contribution in [0.3, 0.4) is 0 Å². The molecule has 0 radical (unpaired) electrons. The maximum atomic E-state index is 10.6. The summed E-state index contributed by atoms with van der Waals surface area (Å²) >= 11 is 0. The predicted octanol–water partition coefficient (Wildman–Crippen LogP) is 3.69. The van der Waals surface area contributed by atoms with Crippen molar-refractivity contribution in [2.24, 2.45) is 0 Å². The molecule has 2 N–H and O–H groups in total. The maximum absolute atomic E-state index is 10.6. The molecular weight excluding hydrogens is 266 g/mol. The third kappa shape index (κ3) is 3.10. The van der Waals surface area contributed by atoms with Gasteiger partial charge in [0.15, 0.2) is 0 Å². The molecule has 1 heterocycles. The minimum Gasteiger partial charge on any atom is -0.489 e. The van der Waals surface area contributed by atoms with E-state index in [1.54, 1.807) is 0 Å². The SMILES string of the molecule is O=C(O)NCC1=CCOc2cc(C3=CCCCC3)ccc21. The highest BCUT2D eigenvalue weighted by Gasteiger charge is 2.16. The van der Waals surface area contributed by atoms with Gasteiger partial charge in [0.1, 0.15) is 12.4 Å². The summed E-state index contributed by atoms with van der Waals surface area (Å²) in [7, 11) is 0. The second-order valence-corrected chi connectivity index (χ2v) is 5.39. The van der Waals surface area contributed by atoms with Crippen LogP contribution in [0.5, 0.6) is 5.75 Å². The largest absolute Gasteiger partial charge is 0.489 e. The van der Waals surface area contributed by atoms with Crippen molar-refractivity contribution in [3.8, 4) is 5.75 Å². The van der Waals surface area contributed by atoms with Crippen LogP contribution >= 0.6 is 0 Å². The highest BCUT2D eigenvalue weighted by molar-refractivity contribution is 5.79. The van der Waals surface area contributed by atoms with E-state index in [1.165, 1.54) is 24.0 Å². The third-order valence-electron chi connectivity index (χ3n) is 3.99. The Bertz CT molecular complexity index is 616. The summed E-state index contributed by atoms with van der Waals surface area (Å²) in [6.07, 6.45) is 8.04. The standard InChI is InChI=1S/C17H19NO3/c19-17(20)18-11-14-8-9-21-16-10-13(6-7-15(14)16)12-4-2-1-3-5-12/h4,6-8,10,18H,1-3,5,9,11H2,(H,19,20). The fourth-order valence-electron chi connectivity index (χ4n) is 2.89. The lowest BCUT2D eigenvalue weighted by atomic mass is 9.91. The Hall–Kier alpha value is -2.23. The van der Waals surface area contributed by atoms with Gasteiger partial charge >= 0.3 is 6.09 Å². The third-order valence-corrected chi connectivity index (χ3v) is 3.99. The second kappa shape index (κ2) is 6.04. The molecule has 3 rings (SSSR count). The molecule has 4 heteroatoms. The molecule has 0 atom stereocenters. The summed E-state index contributed by atoms with van der Waals surface area (Å²) < 4.78 is 5.71. The quantitative estimate of drug-likeness (QED) is 0.890. The Kier molecular flexibility index (Phi) is 3.95. The lowest BCUT2D eigenvalue weighted by Gasteiger charge is -2.21. The number of amides is 1. The summed E-state index contributed by atoms with van der Waals surface area (Å²) in [5, 5.41) is 11.1. The highest BCUT2D eigenvalue weighted by atomic mass is 16.5. The van der Waals surface area contributed by atoms with Crippen molar-refractivity contribution in [2.75, 3.05) is 13.2 Å². The van der Waals surface area contributed by atoms with Crippen LogP contribution in [0.1, 0.15) is 36.8 Å². The normalized spacial score (nSPS) is 17.1. The van der Waals surface area contributed by atoms with Crippen molar-refractivity contribution < 1.29 is 14.6 Å². The lowest BCUT2D eigenvalue weighted by molar-refractivity contribution is 0.196. The van der Waals surface area contributed by atoms with Crippen LogP contribution in [0.15, 0.2) is 30.4 Å². The first-order chi connectivity index (χ1) is 10.2.